The Balaban J connectivity index is 1.15. The summed E-state index contributed by atoms with van der Waals surface area (Å²) in [5.74, 6) is 0.492. The molecule has 2 atom stereocenters. The van der Waals surface area contributed by atoms with Crippen LogP contribution in [0.2, 0.25) is 0 Å². The number of thiazole rings is 1. The second-order valence-corrected chi connectivity index (χ2v) is 10.8. The number of piperidine rings is 1. The maximum Gasteiger partial charge on any atom is 0.188 e. The third kappa shape index (κ3) is 3.49. The Morgan fingerprint density at radius 2 is 2.06 bits per heavy atom. The van der Waals surface area contributed by atoms with E-state index in [0.29, 0.717) is 12.2 Å². The summed E-state index contributed by atoms with van der Waals surface area (Å²) in [4.78, 5) is 29.9. The summed E-state index contributed by atoms with van der Waals surface area (Å²) in [7, 11) is 0. The number of Topliss-reactive ketones (excluding diaryl/α,β-unsaturated/α-hetero) is 1. The lowest BCUT2D eigenvalue weighted by molar-refractivity contribution is 0.0904. The molecule has 34 heavy (non-hydrogen) atoms. The molecule has 1 aliphatic heterocycles. The number of nitrogens with two attached hydrogens (primary N) is 2. The maximum absolute atomic E-state index is 13.8. The number of carbonyl (C=O) groups excluding carboxylic acids is 1. The van der Waals surface area contributed by atoms with Gasteiger partial charge in [0, 0.05) is 29.9 Å². The zero-order valence-electron chi connectivity index (χ0n) is 18.8. The minimum atomic E-state index is -0.232. The van der Waals surface area contributed by atoms with Crippen LogP contribution < -0.4 is 16.4 Å². The summed E-state index contributed by atoms with van der Waals surface area (Å²) in [6.07, 6.45) is 6.58. The van der Waals surface area contributed by atoms with Gasteiger partial charge in [-0.25, -0.2) is 19.3 Å². The lowest BCUT2D eigenvalue weighted by atomic mass is 9.73. The molecule has 0 bridgehead atoms. The van der Waals surface area contributed by atoms with Crippen molar-refractivity contribution in [2.24, 2.45) is 17.1 Å². The number of hydrogen-bond donors (Lipinski definition) is 2. The molecular weight excluding hydrogens is 451 g/mol. The normalized spacial score (nSPS) is 23.1. The molecule has 1 fully saturated rings. The molecular formula is C25H27FN6OS. The van der Waals surface area contributed by atoms with E-state index in [0.717, 1.165) is 62.0 Å². The number of nitrogen functional groups attached to an aromatic ring is 1. The van der Waals surface area contributed by atoms with Gasteiger partial charge in [0.15, 0.2) is 11.6 Å². The number of rotatable bonds is 3. The van der Waals surface area contributed by atoms with Crippen LogP contribution in [0.5, 0.6) is 0 Å². The van der Waals surface area contributed by atoms with Crippen LogP contribution in [-0.4, -0.2) is 33.8 Å². The number of halogens is 1. The number of anilines is 2. The monoisotopic (exact) mass is 478 g/mol. The second-order valence-electron chi connectivity index (χ2n) is 9.84. The predicted octanol–water partition coefficient (Wildman–Crippen LogP) is 3.48. The lowest BCUT2D eigenvalue weighted by Crippen LogP contribution is -2.44. The zero-order valence-corrected chi connectivity index (χ0v) is 19.7. The van der Waals surface area contributed by atoms with Crippen molar-refractivity contribution in [2.75, 3.05) is 23.7 Å². The van der Waals surface area contributed by atoms with Gasteiger partial charge in [-0.1, -0.05) is 6.07 Å². The molecule has 4 N–H and O–H groups in total. The molecule has 0 radical (unpaired) electrons. The van der Waals surface area contributed by atoms with Crippen LogP contribution in [0.3, 0.4) is 0 Å². The summed E-state index contributed by atoms with van der Waals surface area (Å²) in [6, 6.07) is 4.82. The highest BCUT2D eigenvalue weighted by atomic mass is 32.1. The Morgan fingerprint density at radius 3 is 2.85 bits per heavy atom. The Hall–Kier alpha value is -2.91. The quantitative estimate of drug-likeness (QED) is 0.555. The van der Waals surface area contributed by atoms with Crippen LogP contribution in [0.4, 0.5) is 16.0 Å². The maximum atomic E-state index is 13.8. The van der Waals surface area contributed by atoms with Gasteiger partial charge in [0.1, 0.15) is 17.3 Å². The minimum absolute atomic E-state index is 0.0323. The molecule has 2 aliphatic carbocycles. The first-order valence-electron chi connectivity index (χ1n) is 11.8. The van der Waals surface area contributed by atoms with Crippen molar-refractivity contribution in [3.05, 3.63) is 63.1 Å². The van der Waals surface area contributed by atoms with Crippen molar-refractivity contribution in [1.29, 1.82) is 0 Å². The van der Waals surface area contributed by atoms with Crippen LogP contribution in [-0.2, 0) is 19.3 Å². The first-order chi connectivity index (χ1) is 16.4. The zero-order chi connectivity index (χ0) is 23.4. The average molecular weight is 479 g/mol. The number of aromatic nitrogens is 3. The van der Waals surface area contributed by atoms with Crippen LogP contribution in [0, 0.1) is 17.2 Å². The predicted molar refractivity (Wildman–Crippen MR) is 129 cm³/mol. The summed E-state index contributed by atoms with van der Waals surface area (Å²) in [6.45, 7) is 1.53. The first kappa shape index (κ1) is 21.6. The van der Waals surface area contributed by atoms with E-state index in [1.807, 2.05) is 11.6 Å². The Labute approximate surface area is 201 Å². The van der Waals surface area contributed by atoms with Gasteiger partial charge in [0.25, 0.3) is 0 Å². The number of fused-ring (bicyclic) bond motifs is 2. The van der Waals surface area contributed by atoms with Crippen LogP contribution in [0.1, 0.15) is 57.5 Å². The average Bonchev–Trinajstić information content (AvgIpc) is 3.42. The van der Waals surface area contributed by atoms with E-state index in [1.54, 1.807) is 23.6 Å². The lowest BCUT2D eigenvalue weighted by Gasteiger charge is -2.42. The largest absolute Gasteiger partial charge is 0.382 e. The molecule has 1 spiro atoms. The number of carbonyl (C=O) groups is 1. The van der Waals surface area contributed by atoms with E-state index in [2.05, 4.69) is 19.9 Å². The highest BCUT2D eigenvalue weighted by Gasteiger charge is 2.46. The Morgan fingerprint density at radius 1 is 1.24 bits per heavy atom. The topological polar surface area (TPSA) is 111 Å². The van der Waals surface area contributed by atoms with Crippen molar-refractivity contribution in [1.82, 2.24) is 15.0 Å². The van der Waals surface area contributed by atoms with E-state index in [1.165, 1.54) is 10.9 Å². The molecule has 3 aliphatic rings. The van der Waals surface area contributed by atoms with Gasteiger partial charge in [-0.05, 0) is 67.2 Å². The molecule has 1 saturated heterocycles. The van der Waals surface area contributed by atoms with E-state index < -0.39 is 0 Å². The van der Waals surface area contributed by atoms with Crippen molar-refractivity contribution in [3.63, 3.8) is 0 Å². The summed E-state index contributed by atoms with van der Waals surface area (Å²) < 4.78 is 13.8. The highest BCUT2D eigenvalue weighted by Crippen LogP contribution is 2.51. The van der Waals surface area contributed by atoms with Gasteiger partial charge < -0.3 is 16.4 Å². The molecule has 0 saturated carbocycles. The van der Waals surface area contributed by atoms with Crippen molar-refractivity contribution >= 4 is 28.8 Å². The Kier molecular flexibility index (Phi) is 5.14. The molecule has 7 nitrogen and oxygen atoms in total. The third-order valence-electron chi connectivity index (χ3n) is 8.01. The van der Waals surface area contributed by atoms with Crippen LogP contribution in [0.25, 0.3) is 0 Å². The van der Waals surface area contributed by atoms with Gasteiger partial charge in [-0.3, -0.25) is 4.79 Å². The molecule has 3 heterocycles. The minimum Gasteiger partial charge on any atom is -0.382 e. The molecule has 2 unspecified atom stereocenters. The number of aryl methyl sites for hydroxylation is 1. The second kappa shape index (κ2) is 8.09. The van der Waals surface area contributed by atoms with Gasteiger partial charge in [0.05, 0.1) is 17.4 Å². The van der Waals surface area contributed by atoms with E-state index in [-0.39, 0.29) is 40.5 Å². The van der Waals surface area contributed by atoms with E-state index >= 15 is 0 Å². The molecule has 0 amide bonds. The molecule has 176 valence electrons. The smallest absolute Gasteiger partial charge is 0.188 e. The fourth-order valence-electron chi connectivity index (χ4n) is 5.96. The summed E-state index contributed by atoms with van der Waals surface area (Å²) in [5, 5.41) is 0. The molecule has 2 aromatic heterocycles. The van der Waals surface area contributed by atoms with Crippen molar-refractivity contribution < 1.29 is 9.18 Å². The standard InChI is InChI=1S/C25H27FN6OS/c26-16-3-1-15-11-25(23(27)17(15)10-16)5-7-32(8-6-25)20-12-29-21(24(28)31-20)22(33)14-2-4-18-19(9-14)34-13-30-18/h1,3,10,12-14,23H,2,4-9,11,27H2,(H2,28,31). The molecule has 1 aromatic carbocycles. The molecule has 9 heteroatoms. The third-order valence-corrected chi connectivity index (χ3v) is 8.90. The van der Waals surface area contributed by atoms with E-state index in [4.69, 9.17) is 11.5 Å². The number of ketones is 1. The van der Waals surface area contributed by atoms with Gasteiger partial charge in [-0.15, -0.1) is 11.3 Å². The molecule has 3 aromatic rings. The van der Waals surface area contributed by atoms with Gasteiger partial charge >= 0.3 is 0 Å². The summed E-state index contributed by atoms with van der Waals surface area (Å²) >= 11 is 1.61. The van der Waals surface area contributed by atoms with Gasteiger partial charge in [0.2, 0.25) is 0 Å². The molecule has 6 rings (SSSR count). The van der Waals surface area contributed by atoms with Crippen LogP contribution >= 0.6 is 11.3 Å². The van der Waals surface area contributed by atoms with Crippen molar-refractivity contribution in [2.45, 2.75) is 44.6 Å². The fourth-order valence-corrected chi connectivity index (χ4v) is 6.85. The van der Waals surface area contributed by atoms with Gasteiger partial charge in [-0.2, -0.15) is 0 Å². The van der Waals surface area contributed by atoms with Crippen molar-refractivity contribution in [3.8, 4) is 0 Å². The Bertz CT molecular complexity index is 1270. The summed E-state index contributed by atoms with van der Waals surface area (Å²) in [5.41, 5.74) is 18.1. The number of nitrogens with zero attached hydrogens (tertiary/aromatic N) is 4. The van der Waals surface area contributed by atoms with Crippen LogP contribution in [0.15, 0.2) is 29.9 Å². The number of hydrogen-bond acceptors (Lipinski definition) is 8. The number of benzene rings is 1. The van der Waals surface area contributed by atoms with E-state index in [9.17, 15) is 9.18 Å². The fraction of sp³-hybridized carbons (Fsp3) is 0.440. The highest BCUT2D eigenvalue weighted by molar-refractivity contribution is 7.09. The first-order valence-corrected chi connectivity index (χ1v) is 12.7. The SMILES string of the molecule is Nc1nc(N2CCC3(CC2)Cc2ccc(F)cc2C3N)cnc1C(=O)C1CCc2ncsc2C1.